The Labute approximate surface area is 241 Å². The molecule has 2 rings (SSSR count). The summed E-state index contributed by atoms with van der Waals surface area (Å²) in [6.45, 7) is 2.15. The lowest BCUT2D eigenvalue weighted by Crippen LogP contribution is -2.18. The molecule has 222 valence electrons. The molecule has 0 saturated carbocycles. The molecule has 0 radical (unpaired) electrons. The highest BCUT2D eigenvalue weighted by atomic mass is 16.6. The van der Waals surface area contributed by atoms with E-state index < -0.39 is 15.8 Å². The number of hydrogen-bond acceptors (Lipinski definition) is 8. The van der Waals surface area contributed by atoms with Gasteiger partial charge in [-0.05, 0) is 56.4 Å². The highest BCUT2D eigenvalue weighted by Crippen LogP contribution is 2.19. The molecule has 0 amide bonds. The minimum atomic E-state index is -0.503. The summed E-state index contributed by atoms with van der Waals surface area (Å²) in [5, 5.41) is 21.5. The molecular weight excluding hydrogens is 528 g/mol. The Morgan fingerprint density at radius 1 is 0.780 bits per heavy atom. The first-order valence-electron chi connectivity index (χ1n) is 14.4. The third-order valence-electron chi connectivity index (χ3n) is 6.56. The number of hydrogen-bond donors (Lipinski definition) is 0. The van der Waals surface area contributed by atoms with Crippen molar-refractivity contribution in [1.29, 1.82) is 0 Å². The van der Waals surface area contributed by atoms with E-state index >= 15 is 0 Å². The number of benzene rings is 2. The number of nitro benzene ring substituents is 2. The second kappa shape index (κ2) is 19.1. The minimum Gasteiger partial charge on any atom is -0.458 e. The van der Waals surface area contributed by atoms with Gasteiger partial charge in [-0.25, -0.2) is 4.79 Å². The van der Waals surface area contributed by atoms with E-state index in [9.17, 15) is 29.8 Å². The summed E-state index contributed by atoms with van der Waals surface area (Å²) in [7, 11) is 0. The van der Waals surface area contributed by atoms with Crippen LogP contribution in [-0.4, -0.2) is 27.9 Å². The number of allylic oxidation sites excluding steroid dienone is 1. The first kappa shape index (κ1) is 33.1. The molecule has 0 saturated heterocycles. The normalized spacial score (nSPS) is 11.7. The van der Waals surface area contributed by atoms with Gasteiger partial charge in [0.15, 0.2) is 0 Å². The van der Waals surface area contributed by atoms with Crippen molar-refractivity contribution in [3.8, 4) is 5.75 Å². The van der Waals surface area contributed by atoms with Gasteiger partial charge in [0.2, 0.25) is 0 Å². The molecule has 2 aromatic rings. The summed E-state index contributed by atoms with van der Waals surface area (Å²) in [4.78, 5) is 45.1. The minimum absolute atomic E-state index is 0.0509. The van der Waals surface area contributed by atoms with Crippen LogP contribution in [0.15, 0.2) is 60.7 Å². The lowest BCUT2D eigenvalue weighted by Gasteiger charge is -2.16. The molecule has 10 heteroatoms. The Bertz CT molecular complexity index is 1130. The van der Waals surface area contributed by atoms with Crippen molar-refractivity contribution in [1.82, 2.24) is 0 Å². The van der Waals surface area contributed by atoms with E-state index in [1.807, 2.05) is 0 Å². The highest BCUT2D eigenvalue weighted by Gasteiger charge is 2.16. The van der Waals surface area contributed by atoms with Crippen LogP contribution >= 0.6 is 0 Å². The molecular formula is C31H40N2O8. The molecule has 0 aliphatic rings. The smallest absolute Gasteiger partial charge is 0.338 e. The van der Waals surface area contributed by atoms with Crippen LogP contribution in [0.25, 0.3) is 0 Å². The molecule has 0 fully saturated rings. The summed E-state index contributed by atoms with van der Waals surface area (Å²) < 4.78 is 10.9. The number of carbonyl (C=O) groups is 2. The summed E-state index contributed by atoms with van der Waals surface area (Å²) in [6, 6.07) is 10.9. The van der Waals surface area contributed by atoms with Crippen molar-refractivity contribution in [2.45, 2.75) is 96.5 Å². The zero-order valence-corrected chi connectivity index (χ0v) is 23.7. The Kier molecular flexibility index (Phi) is 15.4. The SMILES string of the molecule is CCCCCC[C@H](CC=CCCCCCCCC(=O)Oc1ccc([N+](=O)[O-])cc1)OC(=O)c1ccc([N+](=O)[O-])cc1. The third-order valence-corrected chi connectivity index (χ3v) is 6.56. The lowest BCUT2D eigenvalue weighted by molar-refractivity contribution is -0.385. The van der Waals surface area contributed by atoms with Gasteiger partial charge < -0.3 is 9.47 Å². The van der Waals surface area contributed by atoms with Crippen LogP contribution in [0.3, 0.4) is 0 Å². The lowest BCUT2D eigenvalue weighted by atomic mass is 10.1. The standard InChI is InChI=1S/C31H40N2O8/c1-2-3-4-11-14-28(41-31(35)25-17-19-26(20-18-25)32(36)37)15-12-9-7-5-6-8-10-13-16-30(34)40-29-23-21-27(22-24-29)33(38)39/h9,12,17-24,28H,2-8,10-11,13-16H2,1H3/t28-/m1/s1. The monoisotopic (exact) mass is 568 g/mol. The fourth-order valence-electron chi connectivity index (χ4n) is 4.21. The average Bonchev–Trinajstić information content (AvgIpc) is 2.96. The fraction of sp³-hybridized carbons (Fsp3) is 0.484. The molecule has 0 unspecified atom stereocenters. The molecule has 1 atom stereocenters. The second-order valence-electron chi connectivity index (χ2n) is 9.92. The van der Waals surface area contributed by atoms with Gasteiger partial charge in [0, 0.05) is 37.1 Å². The Balaban J connectivity index is 1.63. The van der Waals surface area contributed by atoms with Gasteiger partial charge in [0.05, 0.1) is 15.4 Å². The largest absolute Gasteiger partial charge is 0.458 e. The third kappa shape index (κ3) is 13.7. The van der Waals surface area contributed by atoms with Crippen LogP contribution in [0.1, 0.15) is 101 Å². The maximum absolute atomic E-state index is 12.6. The molecule has 0 spiro atoms. The van der Waals surface area contributed by atoms with Gasteiger partial charge in [0.25, 0.3) is 11.4 Å². The number of esters is 2. The predicted molar refractivity (Wildman–Crippen MR) is 156 cm³/mol. The number of carbonyl (C=O) groups excluding carboxylic acids is 2. The van der Waals surface area contributed by atoms with Crippen molar-refractivity contribution < 1.29 is 28.9 Å². The second-order valence-corrected chi connectivity index (χ2v) is 9.92. The van der Waals surface area contributed by atoms with Crippen LogP contribution in [0.2, 0.25) is 0 Å². The first-order valence-corrected chi connectivity index (χ1v) is 14.4. The van der Waals surface area contributed by atoms with E-state index in [0.717, 1.165) is 70.6 Å². The van der Waals surface area contributed by atoms with E-state index in [1.54, 1.807) is 0 Å². The number of ether oxygens (including phenoxy) is 2. The van der Waals surface area contributed by atoms with Crippen LogP contribution in [0, 0.1) is 20.2 Å². The summed E-state index contributed by atoms with van der Waals surface area (Å²) in [5.41, 5.74) is 0.186. The van der Waals surface area contributed by atoms with Gasteiger partial charge in [-0.3, -0.25) is 25.0 Å². The van der Waals surface area contributed by atoms with Crippen LogP contribution in [-0.2, 0) is 9.53 Å². The average molecular weight is 569 g/mol. The Morgan fingerprint density at radius 3 is 2.00 bits per heavy atom. The maximum atomic E-state index is 12.6. The molecule has 0 aromatic heterocycles. The topological polar surface area (TPSA) is 139 Å². The van der Waals surface area contributed by atoms with Gasteiger partial charge >= 0.3 is 11.9 Å². The predicted octanol–water partition coefficient (Wildman–Crippen LogP) is 8.28. The van der Waals surface area contributed by atoms with Crippen LogP contribution < -0.4 is 4.74 Å². The van der Waals surface area contributed by atoms with Crippen molar-refractivity contribution in [3.63, 3.8) is 0 Å². The molecule has 0 heterocycles. The number of unbranched alkanes of at least 4 members (excludes halogenated alkanes) is 8. The molecule has 0 N–H and O–H groups in total. The molecule has 41 heavy (non-hydrogen) atoms. The maximum Gasteiger partial charge on any atom is 0.338 e. The van der Waals surface area contributed by atoms with Crippen molar-refractivity contribution in [3.05, 3.63) is 86.5 Å². The molecule has 0 aliphatic carbocycles. The van der Waals surface area contributed by atoms with E-state index in [4.69, 9.17) is 9.47 Å². The first-order chi connectivity index (χ1) is 19.8. The molecule has 0 aliphatic heterocycles. The van der Waals surface area contributed by atoms with Crippen LogP contribution in [0.5, 0.6) is 5.75 Å². The van der Waals surface area contributed by atoms with Gasteiger partial charge in [-0.2, -0.15) is 0 Å². The van der Waals surface area contributed by atoms with Gasteiger partial charge in [-0.1, -0.05) is 57.6 Å². The summed E-state index contributed by atoms with van der Waals surface area (Å²) in [5.74, 6) is -0.512. The van der Waals surface area contributed by atoms with E-state index in [2.05, 4.69) is 19.1 Å². The van der Waals surface area contributed by atoms with E-state index in [1.165, 1.54) is 48.5 Å². The molecule has 0 bridgehead atoms. The number of nitro groups is 2. The quantitative estimate of drug-likeness (QED) is 0.0388. The van der Waals surface area contributed by atoms with Gasteiger partial charge in [0.1, 0.15) is 11.9 Å². The molecule has 2 aromatic carbocycles. The van der Waals surface area contributed by atoms with E-state index in [0.29, 0.717) is 24.2 Å². The summed E-state index contributed by atoms with van der Waals surface area (Å²) in [6.07, 6.45) is 15.6. The van der Waals surface area contributed by atoms with E-state index in [-0.39, 0.29) is 23.4 Å². The molecule has 10 nitrogen and oxygen atoms in total. The Hall–Kier alpha value is -4.08. The van der Waals surface area contributed by atoms with Crippen molar-refractivity contribution in [2.75, 3.05) is 0 Å². The zero-order chi connectivity index (χ0) is 29.9. The van der Waals surface area contributed by atoms with Crippen molar-refractivity contribution >= 4 is 23.3 Å². The fourth-order valence-corrected chi connectivity index (χ4v) is 4.21. The summed E-state index contributed by atoms with van der Waals surface area (Å²) >= 11 is 0. The highest BCUT2D eigenvalue weighted by molar-refractivity contribution is 5.89. The number of nitrogens with zero attached hydrogens (tertiary/aromatic N) is 2. The Morgan fingerprint density at radius 2 is 1.37 bits per heavy atom. The van der Waals surface area contributed by atoms with Gasteiger partial charge in [-0.15, -0.1) is 0 Å². The zero-order valence-electron chi connectivity index (χ0n) is 23.7. The number of rotatable bonds is 20. The van der Waals surface area contributed by atoms with Crippen LogP contribution in [0.4, 0.5) is 11.4 Å². The number of non-ortho nitro benzene ring substituents is 2. The van der Waals surface area contributed by atoms with Crippen molar-refractivity contribution in [2.24, 2.45) is 0 Å².